The van der Waals surface area contributed by atoms with E-state index in [1.807, 2.05) is 12.1 Å². The van der Waals surface area contributed by atoms with Crippen molar-refractivity contribution in [1.82, 2.24) is 4.98 Å². The Kier molecular flexibility index (Phi) is 5.08. The molecule has 0 bridgehead atoms. The van der Waals surface area contributed by atoms with Gasteiger partial charge in [0, 0.05) is 28.9 Å². The molecule has 1 atom stereocenters. The van der Waals surface area contributed by atoms with Crippen molar-refractivity contribution in [2.75, 3.05) is 23.8 Å². The summed E-state index contributed by atoms with van der Waals surface area (Å²) in [6.45, 7) is 0.326. The lowest BCUT2D eigenvalue weighted by Crippen LogP contribution is -2.26. The molecule has 2 heterocycles. The molecule has 9 heteroatoms. The van der Waals surface area contributed by atoms with Gasteiger partial charge >= 0.3 is 0 Å². The third kappa shape index (κ3) is 3.62. The van der Waals surface area contributed by atoms with E-state index in [0.29, 0.717) is 29.2 Å². The van der Waals surface area contributed by atoms with Gasteiger partial charge in [-0.05, 0) is 23.8 Å². The summed E-state index contributed by atoms with van der Waals surface area (Å²) in [4.78, 5) is 18.9. The van der Waals surface area contributed by atoms with Crippen LogP contribution in [0.25, 0.3) is 10.9 Å². The molecule has 29 heavy (non-hydrogen) atoms. The minimum Gasteiger partial charge on any atom is -0.493 e. The number of amides is 1. The van der Waals surface area contributed by atoms with Gasteiger partial charge in [0.2, 0.25) is 5.91 Å². The van der Waals surface area contributed by atoms with Crippen molar-refractivity contribution >= 4 is 39.5 Å². The second-order valence-electron chi connectivity index (χ2n) is 6.56. The Labute approximate surface area is 169 Å². The number of fused-ring (bicyclic) bond motifs is 3. The van der Waals surface area contributed by atoms with Crippen LogP contribution in [0.4, 0.5) is 11.4 Å². The van der Waals surface area contributed by atoms with Crippen molar-refractivity contribution in [1.29, 1.82) is 0 Å². The summed E-state index contributed by atoms with van der Waals surface area (Å²) in [5.41, 5.74) is 3.67. The summed E-state index contributed by atoms with van der Waals surface area (Å²) in [7, 11) is 3.13. The van der Waals surface area contributed by atoms with Gasteiger partial charge in [-0.25, -0.2) is 4.21 Å². The number of rotatable bonds is 6. The van der Waals surface area contributed by atoms with E-state index in [4.69, 9.17) is 14.0 Å². The Morgan fingerprint density at radius 2 is 1.97 bits per heavy atom. The van der Waals surface area contributed by atoms with Crippen LogP contribution in [0.1, 0.15) is 11.1 Å². The van der Waals surface area contributed by atoms with Crippen LogP contribution in [0.3, 0.4) is 0 Å². The fraction of sp³-hybridized carbons (Fsp3) is 0.200. The zero-order valence-electron chi connectivity index (χ0n) is 15.8. The number of benzene rings is 2. The van der Waals surface area contributed by atoms with Gasteiger partial charge in [0.1, 0.15) is 0 Å². The van der Waals surface area contributed by atoms with Crippen LogP contribution in [-0.2, 0) is 29.0 Å². The predicted molar refractivity (Wildman–Crippen MR) is 111 cm³/mol. The number of hydrogen-bond acceptors (Lipinski definition) is 5. The first-order valence-corrected chi connectivity index (χ1v) is 9.91. The normalized spacial score (nSPS) is 14.0. The van der Waals surface area contributed by atoms with Gasteiger partial charge in [0.05, 0.1) is 38.4 Å². The van der Waals surface area contributed by atoms with Gasteiger partial charge in [0.25, 0.3) is 11.3 Å². The van der Waals surface area contributed by atoms with Crippen molar-refractivity contribution in [3.8, 4) is 11.5 Å². The summed E-state index contributed by atoms with van der Waals surface area (Å²) in [6.07, 6.45) is 1.99. The maximum atomic E-state index is 12.8. The van der Waals surface area contributed by atoms with Crippen LogP contribution >= 0.6 is 0 Å². The van der Waals surface area contributed by atoms with Gasteiger partial charge in [0.15, 0.2) is 11.5 Å². The fourth-order valence-electron chi connectivity index (χ4n) is 3.56. The zero-order valence-corrected chi connectivity index (χ0v) is 16.7. The van der Waals surface area contributed by atoms with Gasteiger partial charge in [-0.15, -0.1) is 0 Å². The second kappa shape index (κ2) is 7.69. The van der Waals surface area contributed by atoms with E-state index in [0.717, 1.165) is 22.2 Å². The molecule has 0 aliphatic carbocycles. The number of hydrogen-bond donors (Lipinski definition) is 2. The maximum Gasteiger partial charge on any atom is 0.259 e. The monoisotopic (exact) mass is 413 g/mol. The molecule has 0 fully saturated rings. The van der Waals surface area contributed by atoms with E-state index >= 15 is 0 Å². The fourth-order valence-corrected chi connectivity index (χ4v) is 3.89. The van der Waals surface area contributed by atoms with Crippen LogP contribution < -0.4 is 19.1 Å². The Bertz CT molecular complexity index is 1130. The molecule has 1 aromatic heterocycles. The Balaban J connectivity index is 1.77. The molecular formula is C20H19N3O5S. The first kappa shape index (κ1) is 19.2. The van der Waals surface area contributed by atoms with Crippen molar-refractivity contribution in [3.63, 3.8) is 0 Å². The number of nitrogens with zero attached hydrogens (tertiary/aromatic N) is 2. The van der Waals surface area contributed by atoms with E-state index in [9.17, 15) is 9.00 Å². The van der Waals surface area contributed by atoms with Crippen molar-refractivity contribution in [3.05, 3.63) is 53.7 Å². The highest BCUT2D eigenvalue weighted by molar-refractivity contribution is 7.80. The summed E-state index contributed by atoms with van der Waals surface area (Å²) in [5.74, 6) is 1.10. The topological polar surface area (TPSA) is 101 Å². The van der Waals surface area contributed by atoms with Gasteiger partial charge < -0.3 is 14.4 Å². The second-order valence-corrected chi connectivity index (χ2v) is 7.27. The number of ether oxygens (including phenoxy) is 2. The smallest absolute Gasteiger partial charge is 0.259 e. The van der Waals surface area contributed by atoms with Crippen LogP contribution in [0.15, 0.2) is 42.6 Å². The molecule has 1 amide bonds. The van der Waals surface area contributed by atoms with E-state index in [-0.39, 0.29) is 12.3 Å². The molecule has 0 saturated carbocycles. The molecule has 4 rings (SSSR count). The van der Waals surface area contributed by atoms with E-state index in [1.165, 1.54) is 0 Å². The molecule has 150 valence electrons. The molecule has 1 aliphatic heterocycles. The molecule has 2 aromatic carbocycles. The standard InChI is InChI=1S/C20H19N3O5S/c1-27-17-8-15-16(9-18(17)28-2)21-10-13-7-19(24)23(20(13)15)11-12-4-3-5-14(6-12)22-29(25)26/h3-6,8-10,22H,7,11H2,1-2H3,(H,25,26). The Morgan fingerprint density at radius 3 is 2.69 bits per heavy atom. The van der Waals surface area contributed by atoms with E-state index in [2.05, 4.69) is 9.71 Å². The highest BCUT2D eigenvalue weighted by Crippen LogP contribution is 2.40. The Hall–Kier alpha value is -3.17. The van der Waals surface area contributed by atoms with Gasteiger partial charge in [-0.2, -0.15) is 0 Å². The minimum absolute atomic E-state index is 0.0341. The van der Waals surface area contributed by atoms with E-state index in [1.54, 1.807) is 49.6 Å². The first-order chi connectivity index (χ1) is 14.0. The number of nitrogens with one attached hydrogen (secondary N) is 1. The largest absolute Gasteiger partial charge is 0.493 e. The zero-order chi connectivity index (χ0) is 20.5. The van der Waals surface area contributed by atoms with Gasteiger partial charge in [-0.1, -0.05) is 12.1 Å². The predicted octanol–water partition coefficient (Wildman–Crippen LogP) is 2.89. The van der Waals surface area contributed by atoms with Crippen LogP contribution in [0, 0.1) is 0 Å². The number of pyridine rings is 1. The van der Waals surface area contributed by atoms with Crippen molar-refractivity contribution < 1.29 is 23.0 Å². The summed E-state index contributed by atoms with van der Waals surface area (Å²) >= 11 is -2.16. The third-order valence-electron chi connectivity index (χ3n) is 4.81. The molecule has 0 spiro atoms. The Morgan fingerprint density at radius 1 is 1.21 bits per heavy atom. The summed E-state index contributed by atoms with van der Waals surface area (Å²) in [6, 6.07) is 10.7. The number of anilines is 2. The molecular weight excluding hydrogens is 394 g/mol. The molecule has 1 aliphatic rings. The molecule has 0 saturated heterocycles. The average molecular weight is 413 g/mol. The summed E-state index contributed by atoms with van der Waals surface area (Å²) in [5, 5.41) is 0.803. The van der Waals surface area contributed by atoms with Crippen LogP contribution in [0.5, 0.6) is 11.5 Å². The lowest BCUT2D eigenvalue weighted by molar-refractivity contribution is -0.117. The lowest BCUT2D eigenvalue weighted by Gasteiger charge is -2.20. The molecule has 2 N–H and O–H groups in total. The quantitative estimate of drug-likeness (QED) is 0.603. The number of carbonyl (C=O) groups excluding carboxylic acids is 1. The molecule has 3 aromatic rings. The van der Waals surface area contributed by atoms with Gasteiger partial charge in [-0.3, -0.25) is 19.1 Å². The molecule has 8 nitrogen and oxygen atoms in total. The number of methoxy groups -OCH3 is 2. The highest BCUT2D eigenvalue weighted by atomic mass is 32.2. The molecule has 1 unspecified atom stereocenters. The SMILES string of the molecule is COc1cc2ncc3c(c2cc1OC)N(Cc1cccc(NS(=O)O)c1)C(=O)C3. The molecule has 0 radical (unpaired) electrons. The van der Waals surface area contributed by atoms with Crippen molar-refractivity contribution in [2.45, 2.75) is 13.0 Å². The summed E-state index contributed by atoms with van der Waals surface area (Å²) < 4.78 is 33.3. The van der Waals surface area contributed by atoms with Crippen LogP contribution in [0.2, 0.25) is 0 Å². The third-order valence-corrected chi connectivity index (χ3v) is 5.22. The maximum absolute atomic E-state index is 12.8. The van der Waals surface area contributed by atoms with Crippen LogP contribution in [-0.4, -0.2) is 33.9 Å². The number of aromatic nitrogens is 1. The minimum atomic E-state index is -2.16. The van der Waals surface area contributed by atoms with E-state index < -0.39 is 11.3 Å². The lowest BCUT2D eigenvalue weighted by atomic mass is 10.1. The first-order valence-electron chi connectivity index (χ1n) is 8.80. The highest BCUT2D eigenvalue weighted by Gasteiger charge is 2.30. The van der Waals surface area contributed by atoms with Crippen molar-refractivity contribution in [2.24, 2.45) is 0 Å². The number of carbonyl (C=O) groups is 1. The average Bonchev–Trinajstić information content (AvgIpc) is 3.02.